The van der Waals surface area contributed by atoms with Crippen molar-refractivity contribution >= 4 is 0 Å². The molecule has 1 heterocycles. The Balaban J connectivity index is 2.14. The number of hydrogen-bond donors (Lipinski definition) is 0. The molecule has 0 aromatic carbocycles. The molecule has 2 nitrogen and oxygen atoms in total. The number of ether oxygens (including phenoxy) is 2. The van der Waals surface area contributed by atoms with Gasteiger partial charge in [0.1, 0.15) is 0 Å². The van der Waals surface area contributed by atoms with E-state index in [1.165, 1.54) is 148 Å². The molecule has 45 heavy (non-hydrogen) atoms. The Bertz CT molecular complexity index is 684. The monoisotopic (exact) mass is 627 g/mol. The van der Waals surface area contributed by atoms with E-state index in [0.29, 0.717) is 0 Å². The highest BCUT2D eigenvalue weighted by molar-refractivity contribution is 4.93. The summed E-state index contributed by atoms with van der Waals surface area (Å²) in [6.07, 6.45) is 54.9. The molecular formula is C43H78O2. The highest BCUT2D eigenvalue weighted by Crippen LogP contribution is 2.39. The zero-order valence-corrected chi connectivity index (χ0v) is 30.9. The van der Waals surface area contributed by atoms with Crippen molar-refractivity contribution in [2.75, 3.05) is 0 Å². The van der Waals surface area contributed by atoms with Gasteiger partial charge in [0.2, 0.25) is 0 Å². The van der Waals surface area contributed by atoms with E-state index < -0.39 is 0 Å². The maximum absolute atomic E-state index is 6.70. The first kappa shape index (κ1) is 41.9. The van der Waals surface area contributed by atoms with Gasteiger partial charge in [0, 0.05) is 12.8 Å². The second-order valence-corrected chi connectivity index (χ2v) is 13.8. The fourth-order valence-corrected chi connectivity index (χ4v) is 6.52. The molecule has 0 aromatic heterocycles. The van der Waals surface area contributed by atoms with Crippen molar-refractivity contribution in [3.63, 3.8) is 0 Å². The van der Waals surface area contributed by atoms with Crippen LogP contribution >= 0.6 is 0 Å². The first-order valence-corrected chi connectivity index (χ1v) is 20.1. The predicted octanol–water partition coefficient (Wildman–Crippen LogP) is 14.7. The minimum absolute atomic E-state index is 0.235. The van der Waals surface area contributed by atoms with E-state index in [4.69, 9.17) is 9.47 Å². The third-order valence-electron chi connectivity index (χ3n) is 9.38. The van der Waals surface area contributed by atoms with Crippen LogP contribution in [0.3, 0.4) is 0 Å². The van der Waals surface area contributed by atoms with Crippen LogP contribution in [0.25, 0.3) is 0 Å². The second-order valence-electron chi connectivity index (χ2n) is 13.8. The molecule has 262 valence electrons. The lowest BCUT2D eigenvalue weighted by molar-refractivity contribution is -0.185. The smallest absolute Gasteiger partial charge is 0.169 e. The molecule has 1 fully saturated rings. The number of hydrogen-bond acceptors (Lipinski definition) is 2. The molecule has 1 saturated heterocycles. The Morgan fingerprint density at radius 2 is 0.800 bits per heavy atom. The average Bonchev–Trinajstić information content (AvgIpc) is 3.35. The lowest BCUT2D eigenvalue weighted by atomic mass is 9.98. The van der Waals surface area contributed by atoms with E-state index in [2.05, 4.69) is 76.3 Å². The van der Waals surface area contributed by atoms with Crippen LogP contribution in [-0.4, -0.2) is 18.0 Å². The van der Waals surface area contributed by atoms with Crippen molar-refractivity contribution in [3.05, 3.63) is 48.6 Å². The lowest BCUT2D eigenvalue weighted by Gasteiger charge is -2.28. The van der Waals surface area contributed by atoms with E-state index in [9.17, 15) is 0 Å². The van der Waals surface area contributed by atoms with Crippen molar-refractivity contribution < 1.29 is 9.47 Å². The van der Waals surface area contributed by atoms with E-state index in [1.54, 1.807) is 0 Å². The SMILES string of the molecule is CCCCC/C=C\C/C=C\CCCCCCCCC1(CCCCCCCC/C=C\C/C=C\CCCCC)O[C@@H](C)[C@@H](CCC)O1. The van der Waals surface area contributed by atoms with Crippen LogP contribution in [0.2, 0.25) is 0 Å². The van der Waals surface area contributed by atoms with Gasteiger partial charge in [-0.3, -0.25) is 0 Å². The zero-order chi connectivity index (χ0) is 32.5. The van der Waals surface area contributed by atoms with E-state index >= 15 is 0 Å². The molecule has 0 amide bonds. The minimum atomic E-state index is -0.316. The minimum Gasteiger partial charge on any atom is -0.344 e. The Labute approximate surface area is 283 Å². The summed E-state index contributed by atoms with van der Waals surface area (Å²) in [5.74, 6) is -0.316. The largest absolute Gasteiger partial charge is 0.344 e. The molecule has 0 saturated carbocycles. The van der Waals surface area contributed by atoms with Gasteiger partial charge in [0.25, 0.3) is 0 Å². The molecule has 1 aliphatic rings. The average molecular weight is 627 g/mol. The molecule has 1 rings (SSSR count). The maximum atomic E-state index is 6.70. The first-order valence-electron chi connectivity index (χ1n) is 20.1. The van der Waals surface area contributed by atoms with Crippen molar-refractivity contribution in [1.82, 2.24) is 0 Å². The molecule has 0 unspecified atom stereocenters. The predicted molar refractivity (Wildman–Crippen MR) is 201 cm³/mol. The van der Waals surface area contributed by atoms with Gasteiger partial charge < -0.3 is 9.47 Å². The molecule has 2 heteroatoms. The van der Waals surface area contributed by atoms with Crippen LogP contribution in [0, 0.1) is 0 Å². The summed E-state index contributed by atoms with van der Waals surface area (Å²) in [5, 5.41) is 0. The van der Waals surface area contributed by atoms with Gasteiger partial charge in [-0.05, 0) is 90.4 Å². The first-order chi connectivity index (χ1) is 22.2. The molecule has 0 radical (unpaired) electrons. The summed E-state index contributed by atoms with van der Waals surface area (Å²) in [6.45, 7) is 9.04. The van der Waals surface area contributed by atoms with E-state index in [-0.39, 0.29) is 18.0 Å². The third-order valence-corrected chi connectivity index (χ3v) is 9.38. The number of unbranched alkanes of at least 4 members (excludes halogenated alkanes) is 18. The number of allylic oxidation sites excluding steroid dienone is 8. The van der Waals surface area contributed by atoms with Crippen LogP contribution in [0.15, 0.2) is 48.6 Å². The van der Waals surface area contributed by atoms with Crippen LogP contribution in [-0.2, 0) is 9.47 Å². The second kappa shape index (κ2) is 31.5. The normalized spacial score (nSPS) is 18.6. The Hall–Kier alpha value is -1.12. The summed E-state index contributed by atoms with van der Waals surface area (Å²) in [6, 6.07) is 0. The highest BCUT2D eigenvalue weighted by atomic mass is 16.8. The number of rotatable bonds is 32. The third kappa shape index (κ3) is 24.7. The quantitative estimate of drug-likeness (QED) is 0.0546. The Kier molecular flexibility index (Phi) is 29.3. The molecule has 2 atom stereocenters. The van der Waals surface area contributed by atoms with Gasteiger partial charge >= 0.3 is 0 Å². The summed E-state index contributed by atoms with van der Waals surface area (Å²) >= 11 is 0. The van der Waals surface area contributed by atoms with Crippen LogP contribution < -0.4 is 0 Å². The van der Waals surface area contributed by atoms with Crippen molar-refractivity contribution in [3.8, 4) is 0 Å². The Morgan fingerprint density at radius 3 is 1.20 bits per heavy atom. The molecule has 0 spiro atoms. The van der Waals surface area contributed by atoms with E-state index in [0.717, 1.165) is 32.1 Å². The molecule has 0 aliphatic carbocycles. The van der Waals surface area contributed by atoms with Gasteiger partial charge in [-0.2, -0.15) is 0 Å². The van der Waals surface area contributed by atoms with Gasteiger partial charge in [-0.15, -0.1) is 0 Å². The summed E-state index contributed by atoms with van der Waals surface area (Å²) < 4.78 is 13.3. The van der Waals surface area contributed by atoms with Gasteiger partial charge in [0.05, 0.1) is 12.2 Å². The Morgan fingerprint density at radius 1 is 0.422 bits per heavy atom. The molecule has 0 N–H and O–H groups in total. The summed E-state index contributed by atoms with van der Waals surface area (Å²) in [5.41, 5.74) is 0. The van der Waals surface area contributed by atoms with Gasteiger partial charge in [-0.1, -0.05) is 153 Å². The van der Waals surface area contributed by atoms with E-state index in [1.807, 2.05) is 0 Å². The van der Waals surface area contributed by atoms with Crippen LogP contribution in [0.1, 0.15) is 207 Å². The van der Waals surface area contributed by atoms with Crippen LogP contribution in [0.4, 0.5) is 0 Å². The highest BCUT2D eigenvalue weighted by Gasteiger charge is 2.44. The molecule has 0 bridgehead atoms. The molecule has 1 aliphatic heterocycles. The molecule has 0 aromatic rings. The maximum Gasteiger partial charge on any atom is 0.169 e. The lowest BCUT2D eigenvalue weighted by Crippen LogP contribution is -2.31. The fourth-order valence-electron chi connectivity index (χ4n) is 6.52. The van der Waals surface area contributed by atoms with Crippen molar-refractivity contribution in [2.45, 2.75) is 225 Å². The van der Waals surface area contributed by atoms with Crippen molar-refractivity contribution in [1.29, 1.82) is 0 Å². The van der Waals surface area contributed by atoms with Gasteiger partial charge in [0.15, 0.2) is 5.79 Å². The topological polar surface area (TPSA) is 18.5 Å². The summed E-state index contributed by atoms with van der Waals surface area (Å²) in [7, 11) is 0. The zero-order valence-electron chi connectivity index (χ0n) is 30.9. The fraction of sp³-hybridized carbons (Fsp3) is 0.814. The standard InChI is InChI=1S/C43H78O2/c1-5-8-10-12-14-16-18-20-22-24-26-28-30-32-34-36-39-43(44-41(4)42(45-43)38-7-3)40-37-35-33-31-29-27-25-23-21-19-17-15-13-11-9-6-2/h14-17,20-23,41-42H,5-13,18-19,24-40H2,1-4H3/b16-14-,17-15-,22-20-,23-21-/t41-,42+/m0/s1. The summed E-state index contributed by atoms with van der Waals surface area (Å²) in [4.78, 5) is 0. The molecular weight excluding hydrogens is 548 g/mol. The van der Waals surface area contributed by atoms with Gasteiger partial charge in [-0.25, -0.2) is 0 Å². The van der Waals surface area contributed by atoms with Crippen molar-refractivity contribution in [2.24, 2.45) is 0 Å². The van der Waals surface area contributed by atoms with Crippen LogP contribution in [0.5, 0.6) is 0 Å².